The summed E-state index contributed by atoms with van der Waals surface area (Å²) in [6.07, 6.45) is 3.98. The van der Waals surface area contributed by atoms with Crippen molar-refractivity contribution < 1.29 is 24.2 Å². The van der Waals surface area contributed by atoms with Gasteiger partial charge in [0, 0.05) is 12.0 Å². The molecule has 2 fully saturated rings. The summed E-state index contributed by atoms with van der Waals surface area (Å²) >= 11 is 0. The van der Waals surface area contributed by atoms with E-state index in [0.29, 0.717) is 25.2 Å². The molecule has 7 heteroatoms. The Morgan fingerprint density at radius 2 is 1.59 bits per heavy atom. The molecule has 2 aromatic rings. The molecule has 3 aliphatic rings. The number of benzene rings is 2. The van der Waals surface area contributed by atoms with Crippen molar-refractivity contribution in [3.05, 3.63) is 59.7 Å². The Morgan fingerprint density at radius 1 is 0.941 bits per heavy atom. The first-order valence-electron chi connectivity index (χ1n) is 12.2. The molecular weight excluding hydrogens is 432 g/mol. The van der Waals surface area contributed by atoms with Crippen molar-refractivity contribution in [1.82, 2.24) is 10.6 Å². The predicted octanol–water partition coefficient (Wildman–Crippen LogP) is 4.06. The van der Waals surface area contributed by atoms with E-state index in [4.69, 9.17) is 4.74 Å². The Morgan fingerprint density at radius 3 is 2.21 bits per heavy atom. The second-order valence-corrected chi connectivity index (χ2v) is 9.69. The molecule has 178 valence electrons. The van der Waals surface area contributed by atoms with Gasteiger partial charge < -0.3 is 20.5 Å². The third-order valence-electron chi connectivity index (χ3n) is 7.38. The van der Waals surface area contributed by atoms with Crippen LogP contribution >= 0.6 is 0 Å². The third-order valence-corrected chi connectivity index (χ3v) is 7.38. The first kappa shape index (κ1) is 22.4. The van der Waals surface area contributed by atoms with Crippen LogP contribution in [0.3, 0.4) is 0 Å². The van der Waals surface area contributed by atoms with Gasteiger partial charge in [-0.2, -0.15) is 0 Å². The van der Waals surface area contributed by atoms with Gasteiger partial charge in [-0.3, -0.25) is 9.59 Å². The normalized spacial score (nSPS) is 21.9. The molecule has 0 radical (unpaired) electrons. The lowest BCUT2D eigenvalue weighted by Gasteiger charge is -2.23. The summed E-state index contributed by atoms with van der Waals surface area (Å²) in [6.45, 7) is 0.182. The van der Waals surface area contributed by atoms with Gasteiger partial charge in [-0.1, -0.05) is 67.8 Å². The van der Waals surface area contributed by atoms with E-state index >= 15 is 0 Å². The lowest BCUT2D eigenvalue weighted by Crippen LogP contribution is -2.51. The van der Waals surface area contributed by atoms with Crippen LogP contribution in [-0.4, -0.2) is 41.8 Å². The van der Waals surface area contributed by atoms with Gasteiger partial charge in [-0.05, 0) is 47.4 Å². The molecule has 7 nitrogen and oxygen atoms in total. The van der Waals surface area contributed by atoms with Crippen molar-refractivity contribution in [2.45, 2.75) is 56.5 Å². The minimum atomic E-state index is -0.883. The summed E-state index contributed by atoms with van der Waals surface area (Å²) in [4.78, 5) is 37.2. The molecule has 0 heterocycles. The molecule has 2 amide bonds. The van der Waals surface area contributed by atoms with Crippen molar-refractivity contribution in [3.8, 4) is 11.1 Å². The Balaban J connectivity index is 1.22. The molecule has 5 rings (SSSR count). The zero-order chi connectivity index (χ0) is 23.7. The summed E-state index contributed by atoms with van der Waals surface area (Å²) < 4.78 is 5.63. The third kappa shape index (κ3) is 4.65. The Hall–Kier alpha value is -3.35. The molecule has 0 spiro atoms. The number of carbonyl (C=O) groups is 3. The van der Waals surface area contributed by atoms with Crippen molar-refractivity contribution in [2.24, 2.45) is 11.8 Å². The molecule has 34 heavy (non-hydrogen) atoms. The second-order valence-electron chi connectivity index (χ2n) is 9.69. The zero-order valence-corrected chi connectivity index (χ0v) is 19.0. The second kappa shape index (κ2) is 9.49. The number of fused-ring (bicyclic) bond motifs is 3. The largest absolute Gasteiger partial charge is 0.481 e. The molecule has 2 unspecified atom stereocenters. The molecule has 0 saturated heterocycles. The quantitative estimate of drug-likeness (QED) is 0.549. The number of carbonyl (C=O) groups excluding carboxylic acids is 2. The number of ether oxygens (including phenoxy) is 1. The fourth-order valence-corrected chi connectivity index (χ4v) is 5.41. The molecule has 3 N–H and O–H groups in total. The van der Waals surface area contributed by atoms with E-state index in [9.17, 15) is 19.5 Å². The molecule has 2 saturated carbocycles. The maximum absolute atomic E-state index is 13.0. The lowest BCUT2D eigenvalue weighted by molar-refractivity contribution is -0.142. The van der Waals surface area contributed by atoms with Crippen molar-refractivity contribution in [1.29, 1.82) is 0 Å². The van der Waals surface area contributed by atoms with Gasteiger partial charge in [0.2, 0.25) is 5.91 Å². The number of hydrogen-bond donors (Lipinski definition) is 3. The fraction of sp³-hybridized carbons (Fsp3) is 0.444. The van der Waals surface area contributed by atoms with Gasteiger partial charge in [0.15, 0.2) is 0 Å². The minimum absolute atomic E-state index is 0.0522. The van der Waals surface area contributed by atoms with Crippen LogP contribution in [0.15, 0.2) is 48.5 Å². The predicted molar refractivity (Wildman–Crippen MR) is 126 cm³/mol. The van der Waals surface area contributed by atoms with Gasteiger partial charge in [-0.25, -0.2) is 4.79 Å². The van der Waals surface area contributed by atoms with E-state index < -0.39 is 30.1 Å². The van der Waals surface area contributed by atoms with E-state index in [1.807, 2.05) is 24.3 Å². The first-order chi connectivity index (χ1) is 16.5. The smallest absolute Gasteiger partial charge is 0.407 e. The summed E-state index contributed by atoms with van der Waals surface area (Å²) in [7, 11) is 0. The Bertz CT molecular complexity index is 1050. The Kier molecular flexibility index (Phi) is 6.26. The molecular formula is C27H30N2O5. The maximum Gasteiger partial charge on any atom is 0.407 e. The van der Waals surface area contributed by atoms with Crippen LogP contribution in [0.1, 0.15) is 55.6 Å². The Labute approximate surface area is 198 Å². The van der Waals surface area contributed by atoms with Gasteiger partial charge in [0.25, 0.3) is 0 Å². The van der Waals surface area contributed by atoms with Crippen LogP contribution in [0, 0.1) is 11.8 Å². The van der Waals surface area contributed by atoms with Gasteiger partial charge in [0.05, 0.1) is 5.92 Å². The number of alkyl carbamates (subject to hydrolysis) is 1. The first-order valence-corrected chi connectivity index (χ1v) is 12.2. The summed E-state index contributed by atoms with van der Waals surface area (Å²) in [5.41, 5.74) is 4.57. The van der Waals surface area contributed by atoms with Crippen LogP contribution in [0.25, 0.3) is 11.1 Å². The number of rotatable bonds is 8. The van der Waals surface area contributed by atoms with Gasteiger partial charge in [0.1, 0.15) is 12.6 Å². The highest BCUT2D eigenvalue weighted by Crippen LogP contribution is 2.44. The monoisotopic (exact) mass is 462 g/mol. The summed E-state index contributed by atoms with van der Waals surface area (Å²) in [5.74, 6) is -1.42. The summed E-state index contributed by atoms with van der Waals surface area (Å²) in [5, 5.41) is 15.0. The highest BCUT2D eigenvalue weighted by Gasteiger charge is 2.37. The number of hydrogen-bond acceptors (Lipinski definition) is 4. The average molecular weight is 463 g/mol. The SMILES string of the molecule is O=C(N[C@@H](CC1CC1)C(=O)NC1CCCC1C(=O)O)OCC1c2ccccc2-c2ccccc21. The number of carboxylic acids is 1. The van der Waals surface area contributed by atoms with Crippen LogP contribution in [0.2, 0.25) is 0 Å². The molecule has 0 bridgehead atoms. The molecule has 0 aromatic heterocycles. The van der Waals surface area contributed by atoms with Crippen LogP contribution in [0.5, 0.6) is 0 Å². The number of aliphatic carboxylic acids is 1. The van der Waals surface area contributed by atoms with E-state index in [2.05, 4.69) is 34.9 Å². The molecule has 3 aliphatic carbocycles. The van der Waals surface area contributed by atoms with E-state index in [-0.39, 0.29) is 18.4 Å². The number of amides is 2. The van der Waals surface area contributed by atoms with Gasteiger partial charge >= 0.3 is 12.1 Å². The zero-order valence-electron chi connectivity index (χ0n) is 19.0. The molecule has 3 atom stereocenters. The van der Waals surface area contributed by atoms with E-state index in [1.54, 1.807) is 0 Å². The summed E-state index contributed by atoms with van der Waals surface area (Å²) in [6, 6.07) is 15.2. The van der Waals surface area contributed by atoms with Crippen LogP contribution < -0.4 is 10.6 Å². The standard InChI is InChI=1S/C27H30N2O5/c30-25(28-23-11-5-10-21(23)26(31)32)24(14-16-12-13-16)29-27(33)34-15-22-19-8-3-1-6-17(19)18-7-2-4-9-20(18)22/h1-4,6-9,16,21-24H,5,10-15H2,(H,28,30)(H,29,33)(H,31,32)/t21?,23?,24-/m0/s1. The number of carboxylic acid groups (broad SMARTS) is 1. The fourth-order valence-electron chi connectivity index (χ4n) is 5.41. The van der Waals surface area contributed by atoms with Crippen molar-refractivity contribution in [3.63, 3.8) is 0 Å². The molecule has 0 aliphatic heterocycles. The van der Waals surface area contributed by atoms with Crippen LogP contribution in [0.4, 0.5) is 4.79 Å². The van der Waals surface area contributed by atoms with Crippen molar-refractivity contribution >= 4 is 18.0 Å². The van der Waals surface area contributed by atoms with E-state index in [1.165, 1.54) is 0 Å². The average Bonchev–Trinajstić information content (AvgIpc) is 3.43. The topological polar surface area (TPSA) is 105 Å². The minimum Gasteiger partial charge on any atom is -0.481 e. The maximum atomic E-state index is 13.0. The van der Waals surface area contributed by atoms with Gasteiger partial charge in [-0.15, -0.1) is 0 Å². The van der Waals surface area contributed by atoms with E-state index in [0.717, 1.165) is 41.5 Å². The van der Waals surface area contributed by atoms with Crippen molar-refractivity contribution in [2.75, 3.05) is 6.61 Å². The van der Waals surface area contributed by atoms with Crippen LogP contribution in [-0.2, 0) is 14.3 Å². The highest BCUT2D eigenvalue weighted by molar-refractivity contribution is 5.86. The highest BCUT2D eigenvalue weighted by atomic mass is 16.5. The molecule has 2 aromatic carbocycles. The lowest BCUT2D eigenvalue weighted by atomic mass is 9.98. The number of nitrogens with one attached hydrogen (secondary N) is 2.